The molecule has 3 N–H and O–H groups in total. The largest absolute Gasteiger partial charge is 0.477 e. The van der Waals surface area contributed by atoms with Gasteiger partial charge in [-0.3, -0.25) is 4.79 Å². The molecule has 2 heterocycles. The zero-order chi connectivity index (χ0) is 18.7. The second-order valence-electron chi connectivity index (χ2n) is 7.14. The molecule has 0 bridgehead atoms. The second-order valence-corrected chi connectivity index (χ2v) is 7.51. The number of benzene rings is 1. The molecule has 2 fully saturated rings. The third-order valence-corrected chi connectivity index (χ3v) is 5.63. The van der Waals surface area contributed by atoms with Gasteiger partial charge in [0.05, 0.1) is 21.6 Å². The van der Waals surface area contributed by atoms with Crippen LogP contribution in [0.25, 0.3) is 10.9 Å². The van der Waals surface area contributed by atoms with Gasteiger partial charge in [-0.2, -0.15) is 0 Å². The Hall–Kier alpha value is -2.12. The highest BCUT2D eigenvalue weighted by atomic mass is 35.5. The number of aromatic carboxylic acids is 1. The minimum absolute atomic E-state index is 0.0386. The zero-order valence-electron chi connectivity index (χ0n) is 14.3. The van der Waals surface area contributed by atoms with E-state index in [4.69, 9.17) is 17.3 Å². The van der Waals surface area contributed by atoms with E-state index in [0.717, 1.165) is 19.3 Å². The number of rotatable bonds is 3. The van der Waals surface area contributed by atoms with Crippen LogP contribution in [0.1, 0.15) is 41.2 Å². The lowest BCUT2D eigenvalue weighted by atomic mass is 10.0. The number of carboxylic acid groups (broad SMARTS) is 1. The maximum absolute atomic E-state index is 15.1. The number of carbonyl (C=O) groups is 1. The van der Waals surface area contributed by atoms with E-state index in [9.17, 15) is 14.7 Å². The number of anilines is 1. The highest BCUT2D eigenvalue weighted by molar-refractivity contribution is 6.36. The van der Waals surface area contributed by atoms with Crippen molar-refractivity contribution in [2.75, 3.05) is 18.0 Å². The molecule has 2 aliphatic rings. The molecule has 1 saturated carbocycles. The summed E-state index contributed by atoms with van der Waals surface area (Å²) >= 11 is 6.26. The van der Waals surface area contributed by atoms with Gasteiger partial charge in [-0.15, -0.1) is 0 Å². The SMILES string of the molecule is Cc1c(N2CCC(N)C2)c(F)c(Cl)c2c(=O)c(C(=O)O)cn(C3CC3)c12. The Kier molecular flexibility index (Phi) is 3.96. The fourth-order valence-electron chi connectivity index (χ4n) is 3.87. The number of halogens is 2. The first-order chi connectivity index (χ1) is 12.3. The number of fused-ring (bicyclic) bond motifs is 1. The van der Waals surface area contributed by atoms with Gasteiger partial charge < -0.3 is 20.3 Å². The van der Waals surface area contributed by atoms with Gasteiger partial charge in [0.25, 0.3) is 0 Å². The number of nitrogens with two attached hydrogens (primary N) is 1. The molecule has 1 saturated heterocycles. The summed E-state index contributed by atoms with van der Waals surface area (Å²) in [5.41, 5.74) is 6.29. The van der Waals surface area contributed by atoms with Gasteiger partial charge in [-0.05, 0) is 31.7 Å². The minimum Gasteiger partial charge on any atom is -0.477 e. The Morgan fingerprint density at radius 3 is 2.62 bits per heavy atom. The normalized spacial score (nSPS) is 20.2. The lowest BCUT2D eigenvalue weighted by Gasteiger charge is -2.25. The molecule has 1 aromatic carbocycles. The Morgan fingerprint density at radius 1 is 1.38 bits per heavy atom. The van der Waals surface area contributed by atoms with Crippen LogP contribution in [0.5, 0.6) is 0 Å². The van der Waals surface area contributed by atoms with Crippen LogP contribution >= 0.6 is 11.6 Å². The van der Waals surface area contributed by atoms with Crippen LogP contribution in [0, 0.1) is 12.7 Å². The van der Waals surface area contributed by atoms with Gasteiger partial charge >= 0.3 is 5.97 Å². The van der Waals surface area contributed by atoms with E-state index in [1.165, 1.54) is 6.20 Å². The molecule has 26 heavy (non-hydrogen) atoms. The first kappa shape index (κ1) is 17.3. The lowest BCUT2D eigenvalue weighted by Crippen LogP contribution is -2.28. The number of carboxylic acids is 1. The fourth-order valence-corrected chi connectivity index (χ4v) is 4.13. The van der Waals surface area contributed by atoms with Crippen molar-refractivity contribution >= 4 is 34.2 Å². The van der Waals surface area contributed by atoms with Crippen LogP contribution in [0.2, 0.25) is 5.02 Å². The molecular weight excluding hydrogens is 361 g/mol. The summed E-state index contributed by atoms with van der Waals surface area (Å²) in [5, 5.41) is 8.99. The molecule has 0 amide bonds. The predicted molar refractivity (Wildman–Crippen MR) is 97.9 cm³/mol. The molecule has 138 valence electrons. The molecule has 1 atom stereocenters. The molecule has 1 unspecified atom stereocenters. The molecule has 2 aromatic rings. The van der Waals surface area contributed by atoms with E-state index in [1.807, 2.05) is 4.90 Å². The van der Waals surface area contributed by atoms with Crippen molar-refractivity contribution in [1.29, 1.82) is 0 Å². The van der Waals surface area contributed by atoms with Gasteiger partial charge in [0.15, 0.2) is 5.82 Å². The lowest BCUT2D eigenvalue weighted by molar-refractivity contribution is 0.0695. The van der Waals surface area contributed by atoms with Crippen molar-refractivity contribution in [3.8, 4) is 0 Å². The Balaban J connectivity index is 2.09. The summed E-state index contributed by atoms with van der Waals surface area (Å²) in [6, 6.07) is 0.0633. The molecule has 0 spiro atoms. The first-order valence-corrected chi connectivity index (χ1v) is 8.99. The van der Waals surface area contributed by atoms with Crippen molar-refractivity contribution in [3.05, 3.63) is 38.4 Å². The van der Waals surface area contributed by atoms with Crippen LogP contribution in [0.15, 0.2) is 11.0 Å². The molecule has 4 rings (SSSR count). The second kappa shape index (κ2) is 5.96. The minimum atomic E-state index is -1.34. The fraction of sp³-hybridized carbons (Fsp3) is 0.444. The molecule has 0 radical (unpaired) electrons. The predicted octanol–water partition coefficient (Wildman–Crippen LogP) is 2.67. The number of hydrogen-bond acceptors (Lipinski definition) is 4. The van der Waals surface area contributed by atoms with Gasteiger partial charge in [0, 0.05) is 31.4 Å². The Morgan fingerprint density at radius 2 is 2.08 bits per heavy atom. The third-order valence-electron chi connectivity index (χ3n) is 5.28. The van der Waals surface area contributed by atoms with Crippen molar-refractivity contribution in [2.24, 2.45) is 5.73 Å². The molecular formula is C18H19ClFN3O3. The van der Waals surface area contributed by atoms with Crippen molar-refractivity contribution in [3.63, 3.8) is 0 Å². The van der Waals surface area contributed by atoms with Crippen molar-refractivity contribution < 1.29 is 14.3 Å². The Labute approximate surface area is 154 Å². The summed E-state index contributed by atoms with van der Waals surface area (Å²) in [6.07, 6.45) is 3.89. The van der Waals surface area contributed by atoms with Crippen LogP contribution < -0.4 is 16.1 Å². The average molecular weight is 380 g/mol. The summed E-state index contributed by atoms with van der Waals surface area (Å²) < 4.78 is 16.9. The molecule has 1 aliphatic carbocycles. The van der Waals surface area contributed by atoms with E-state index in [0.29, 0.717) is 29.9 Å². The molecule has 6 nitrogen and oxygen atoms in total. The van der Waals surface area contributed by atoms with E-state index >= 15 is 4.39 Å². The van der Waals surface area contributed by atoms with E-state index in [1.54, 1.807) is 11.5 Å². The van der Waals surface area contributed by atoms with Gasteiger partial charge in [-0.25, -0.2) is 9.18 Å². The number of pyridine rings is 1. The summed E-state index contributed by atoms with van der Waals surface area (Å²) in [4.78, 5) is 26.0. The number of aromatic nitrogens is 1. The summed E-state index contributed by atoms with van der Waals surface area (Å²) in [5.74, 6) is -2.03. The summed E-state index contributed by atoms with van der Waals surface area (Å²) in [7, 11) is 0. The maximum atomic E-state index is 15.1. The van der Waals surface area contributed by atoms with Crippen LogP contribution in [-0.4, -0.2) is 34.8 Å². The van der Waals surface area contributed by atoms with Gasteiger partial charge in [0.1, 0.15) is 5.56 Å². The number of nitrogens with zero attached hydrogens (tertiary/aromatic N) is 2. The number of aryl methyl sites for hydroxylation is 1. The highest BCUT2D eigenvalue weighted by Gasteiger charge is 2.32. The van der Waals surface area contributed by atoms with Crippen LogP contribution in [-0.2, 0) is 0 Å². The molecule has 8 heteroatoms. The van der Waals surface area contributed by atoms with Crippen LogP contribution in [0.3, 0.4) is 0 Å². The van der Waals surface area contributed by atoms with Gasteiger partial charge in [0.2, 0.25) is 5.43 Å². The maximum Gasteiger partial charge on any atom is 0.341 e. The number of hydrogen-bond donors (Lipinski definition) is 2. The quantitative estimate of drug-likeness (QED) is 0.855. The Bertz CT molecular complexity index is 1000. The molecule has 1 aromatic heterocycles. The van der Waals surface area contributed by atoms with Crippen molar-refractivity contribution in [1.82, 2.24) is 4.57 Å². The van der Waals surface area contributed by atoms with Crippen LogP contribution in [0.4, 0.5) is 10.1 Å². The molecule has 1 aliphatic heterocycles. The van der Waals surface area contributed by atoms with Crippen molar-refractivity contribution in [2.45, 2.75) is 38.3 Å². The summed E-state index contributed by atoms with van der Waals surface area (Å²) in [6.45, 7) is 2.88. The topological polar surface area (TPSA) is 88.6 Å². The van der Waals surface area contributed by atoms with Gasteiger partial charge in [-0.1, -0.05) is 11.6 Å². The van der Waals surface area contributed by atoms with E-state index in [-0.39, 0.29) is 28.1 Å². The zero-order valence-corrected chi connectivity index (χ0v) is 15.0. The standard InChI is InChI=1S/C18H19ClFN3O3/c1-8-15-12(13(19)14(20)16(8)22-5-4-9(21)6-22)17(24)11(18(25)26)7-23(15)10-2-3-10/h7,9-10H,2-6,21H2,1H3,(H,25,26). The smallest absolute Gasteiger partial charge is 0.341 e. The third kappa shape index (κ3) is 2.49. The average Bonchev–Trinajstić information content (AvgIpc) is 3.34. The highest BCUT2D eigenvalue weighted by Crippen LogP contribution is 2.42. The van der Waals surface area contributed by atoms with E-state index < -0.39 is 17.2 Å². The first-order valence-electron chi connectivity index (χ1n) is 8.61. The monoisotopic (exact) mass is 379 g/mol. The van der Waals surface area contributed by atoms with E-state index in [2.05, 4.69) is 0 Å².